The summed E-state index contributed by atoms with van der Waals surface area (Å²) in [5.41, 5.74) is 22.0. The third kappa shape index (κ3) is 4.02. The van der Waals surface area contributed by atoms with Gasteiger partial charge in [0.15, 0.2) is 0 Å². The molecule has 0 atom stereocenters. The van der Waals surface area contributed by atoms with E-state index in [1.54, 1.807) is 0 Å². The molecular formula is C55H31NO2. The Morgan fingerprint density at radius 3 is 1.52 bits per heavy atom. The third-order valence-corrected chi connectivity index (χ3v) is 13.0. The zero-order chi connectivity index (χ0) is 37.6. The molecule has 0 spiro atoms. The first kappa shape index (κ1) is 30.6. The van der Waals surface area contributed by atoms with Gasteiger partial charge in [-0.05, 0) is 152 Å². The molecule has 2 aliphatic carbocycles. The van der Waals surface area contributed by atoms with E-state index in [2.05, 4.69) is 180 Å². The van der Waals surface area contributed by atoms with Crippen LogP contribution in [0, 0.1) is 0 Å². The zero-order valence-electron chi connectivity index (χ0n) is 31.2. The molecule has 0 saturated carbocycles. The minimum atomic E-state index is 0.888. The van der Waals surface area contributed by atoms with Crippen molar-refractivity contribution in [2.24, 2.45) is 0 Å². The second-order valence-electron chi connectivity index (χ2n) is 16.0. The van der Waals surface area contributed by atoms with Crippen molar-refractivity contribution < 1.29 is 8.83 Å². The van der Waals surface area contributed by atoms with Crippen molar-refractivity contribution in [2.75, 3.05) is 0 Å². The molecule has 0 saturated heterocycles. The Bertz CT molecular complexity index is 3760. The molecule has 0 aliphatic heterocycles. The van der Waals surface area contributed by atoms with Gasteiger partial charge >= 0.3 is 0 Å². The molecule has 0 amide bonds. The summed E-state index contributed by atoms with van der Waals surface area (Å²) in [7, 11) is 0. The molecule has 9 aromatic carbocycles. The quantitative estimate of drug-likeness (QED) is 0.168. The van der Waals surface area contributed by atoms with Crippen LogP contribution in [0.15, 0.2) is 185 Å². The molecule has 0 radical (unpaired) electrons. The van der Waals surface area contributed by atoms with Crippen LogP contribution in [-0.2, 0) is 6.42 Å². The molecule has 0 unspecified atom stereocenters. The van der Waals surface area contributed by atoms with Crippen molar-refractivity contribution >= 4 is 65.7 Å². The molecule has 14 rings (SSSR count). The lowest BCUT2D eigenvalue weighted by molar-refractivity contribution is 0.668. The Labute approximate surface area is 332 Å². The van der Waals surface area contributed by atoms with Crippen LogP contribution in [0.1, 0.15) is 11.1 Å². The largest absolute Gasteiger partial charge is 0.456 e. The Hall–Kier alpha value is -7.62. The van der Waals surface area contributed by atoms with Crippen LogP contribution in [0.5, 0.6) is 0 Å². The van der Waals surface area contributed by atoms with E-state index in [-0.39, 0.29) is 0 Å². The molecular weight excluding hydrogens is 707 g/mol. The number of nitrogens with zero attached hydrogens (tertiary/aromatic N) is 1. The van der Waals surface area contributed by atoms with Gasteiger partial charge < -0.3 is 13.4 Å². The van der Waals surface area contributed by atoms with E-state index in [1.807, 2.05) is 0 Å². The summed E-state index contributed by atoms with van der Waals surface area (Å²) in [5, 5.41) is 6.93. The molecule has 3 aromatic heterocycles. The maximum atomic E-state index is 6.68. The number of benzene rings is 9. The molecule has 268 valence electrons. The van der Waals surface area contributed by atoms with Gasteiger partial charge in [0, 0.05) is 38.0 Å². The molecule has 3 heterocycles. The molecule has 12 aromatic rings. The lowest BCUT2D eigenvalue weighted by atomic mass is 9.78. The summed E-state index contributed by atoms with van der Waals surface area (Å²) < 4.78 is 15.8. The monoisotopic (exact) mass is 737 g/mol. The van der Waals surface area contributed by atoms with E-state index in [0.717, 1.165) is 67.1 Å². The van der Waals surface area contributed by atoms with Crippen molar-refractivity contribution in [1.82, 2.24) is 4.57 Å². The number of hydrogen-bond acceptors (Lipinski definition) is 2. The number of aromatic nitrogens is 1. The highest BCUT2D eigenvalue weighted by atomic mass is 16.3. The highest BCUT2D eigenvalue weighted by molar-refractivity contribution is 6.19. The van der Waals surface area contributed by atoms with Crippen LogP contribution < -0.4 is 0 Å². The van der Waals surface area contributed by atoms with Crippen LogP contribution in [0.4, 0.5) is 0 Å². The average molecular weight is 738 g/mol. The number of hydrogen-bond donors (Lipinski definition) is 0. The van der Waals surface area contributed by atoms with E-state index in [4.69, 9.17) is 8.83 Å². The summed E-state index contributed by atoms with van der Waals surface area (Å²) >= 11 is 0. The lowest BCUT2D eigenvalue weighted by Gasteiger charge is -2.25. The summed E-state index contributed by atoms with van der Waals surface area (Å²) in [4.78, 5) is 0. The molecule has 3 heteroatoms. The SMILES string of the molecule is c1ccc(-n2c3ccccc3c3cc4c(cc32)-c2cc3c(cc2-c2cc5oc6ccccc6c5cc2-c2cc5c(cc2-4)oc2ccccc25)-c2ccccc2C3)cc1. The van der Waals surface area contributed by atoms with Gasteiger partial charge in [0.2, 0.25) is 0 Å². The first-order chi connectivity index (χ1) is 28.7. The van der Waals surface area contributed by atoms with Crippen molar-refractivity contribution in [3.63, 3.8) is 0 Å². The summed E-state index contributed by atoms with van der Waals surface area (Å²) in [6.07, 6.45) is 0.909. The van der Waals surface area contributed by atoms with Gasteiger partial charge in [-0.3, -0.25) is 0 Å². The molecule has 58 heavy (non-hydrogen) atoms. The predicted octanol–water partition coefficient (Wildman–Crippen LogP) is 15.1. The number of furan rings is 2. The van der Waals surface area contributed by atoms with E-state index >= 15 is 0 Å². The molecule has 3 nitrogen and oxygen atoms in total. The second kappa shape index (κ2) is 11.0. The highest BCUT2D eigenvalue weighted by Crippen LogP contribution is 2.54. The van der Waals surface area contributed by atoms with Gasteiger partial charge in [-0.15, -0.1) is 0 Å². The Morgan fingerprint density at radius 1 is 0.293 bits per heavy atom. The van der Waals surface area contributed by atoms with E-state index in [1.165, 1.54) is 77.4 Å². The number of para-hydroxylation sites is 4. The van der Waals surface area contributed by atoms with Gasteiger partial charge in [-0.2, -0.15) is 0 Å². The van der Waals surface area contributed by atoms with E-state index in [9.17, 15) is 0 Å². The first-order valence-electron chi connectivity index (χ1n) is 20.0. The minimum absolute atomic E-state index is 0.888. The van der Waals surface area contributed by atoms with Gasteiger partial charge in [-0.25, -0.2) is 0 Å². The van der Waals surface area contributed by atoms with Crippen molar-refractivity contribution in [3.8, 4) is 61.3 Å². The van der Waals surface area contributed by atoms with E-state index in [0.29, 0.717) is 0 Å². The van der Waals surface area contributed by atoms with E-state index < -0.39 is 0 Å². The summed E-state index contributed by atoms with van der Waals surface area (Å²) in [6, 6.07) is 64.6. The number of rotatable bonds is 1. The van der Waals surface area contributed by atoms with Gasteiger partial charge in [0.05, 0.1) is 11.0 Å². The fourth-order valence-electron chi connectivity index (χ4n) is 10.4. The Kier molecular flexibility index (Phi) is 5.81. The zero-order valence-corrected chi connectivity index (χ0v) is 31.2. The van der Waals surface area contributed by atoms with Crippen molar-refractivity contribution in [3.05, 3.63) is 187 Å². The maximum Gasteiger partial charge on any atom is 0.136 e. The molecule has 0 N–H and O–H groups in total. The van der Waals surface area contributed by atoms with Gasteiger partial charge in [0.25, 0.3) is 0 Å². The second-order valence-corrected chi connectivity index (χ2v) is 16.0. The van der Waals surface area contributed by atoms with Crippen LogP contribution in [0.2, 0.25) is 0 Å². The van der Waals surface area contributed by atoms with Crippen LogP contribution in [0.3, 0.4) is 0 Å². The van der Waals surface area contributed by atoms with Crippen LogP contribution in [-0.4, -0.2) is 4.57 Å². The smallest absolute Gasteiger partial charge is 0.136 e. The summed E-state index contributed by atoms with van der Waals surface area (Å²) in [6.45, 7) is 0. The normalized spacial score (nSPS) is 12.8. The van der Waals surface area contributed by atoms with Crippen LogP contribution >= 0.6 is 0 Å². The van der Waals surface area contributed by atoms with Crippen molar-refractivity contribution in [2.45, 2.75) is 6.42 Å². The topological polar surface area (TPSA) is 31.2 Å². The fourth-order valence-corrected chi connectivity index (χ4v) is 10.4. The first-order valence-corrected chi connectivity index (χ1v) is 20.0. The fraction of sp³-hybridized carbons (Fsp3) is 0.0182. The van der Waals surface area contributed by atoms with Crippen molar-refractivity contribution in [1.29, 1.82) is 0 Å². The van der Waals surface area contributed by atoms with Gasteiger partial charge in [-0.1, -0.05) is 97.1 Å². The standard InChI is InChI=1S/C55H31NO2/c1-2-13-33(14-3-1)56-50-19-9-6-16-35(50)47-25-41-44(28-51(47)56)39-23-32-22-31-12-4-5-15-34(31)38(32)24-40(39)45-29-54-48(36-17-7-10-20-52(36)57-54)26-42(45)43-27-49-37-18-8-11-21-53(37)58-55(49)30-46(41)43/h1-21,23-30H,22H2. The minimum Gasteiger partial charge on any atom is -0.456 e. The maximum absolute atomic E-state index is 6.68. The molecule has 2 aliphatic rings. The highest BCUT2D eigenvalue weighted by Gasteiger charge is 2.30. The van der Waals surface area contributed by atoms with Gasteiger partial charge in [0.1, 0.15) is 22.3 Å². The summed E-state index contributed by atoms with van der Waals surface area (Å²) in [5.74, 6) is 0. The van der Waals surface area contributed by atoms with Crippen LogP contribution in [0.25, 0.3) is 127 Å². The predicted molar refractivity (Wildman–Crippen MR) is 239 cm³/mol. The third-order valence-electron chi connectivity index (χ3n) is 13.0. The Morgan fingerprint density at radius 2 is 0.810 bits per heavy atom. The number of fused-ring (bicyclic) bond motifs is 20. The molecule has 0 bridgehead atoms. The Balaban J connectivity index is 1.20. The molecule has 0 fully saturated rings. The average Bonchev–Trinajstić information content (AvgIpc) is 4.02. The lowest BCUT2D eigenvalue weighted by Crippen LogP contribution is -2.00.